The molecule has 1 aliphatic carbocycles. The van der Waals surface area contributed by atoms with Gasteiger partial charge in [0.05, 0.1) is 34.0 Å². The summed E-state index contributed by atoms with van der Waals surface area (Å²) in [6.07, 6.45) is -5.63. The van der Waals surface area contributed by atoms with Crippen LogP contribution in [-0.4, -0.2) is 57.8 Å². The smallest absolute Gasteiger partial charge is 0.425 e. The first kappa shape index (κ1) is 28.8. The Labute approximate surface area is 228 Å². The minimum atomic E-state index is -5.38. The molecule has 0 aromatic heterocycles. The van der Waals surface area contributed by atoms with E-state index in [0.717, 1.165) is 17.0 Å². The average molecular weight is 563 g/mol. The Kier molecular flexibility index (Phi) is 7.24. The van der Waals surface area contributed by atoms with Gasteiger partial charge in [-0.05, 0) is 48.2 Å². The highest BCUT2D eigenvalue weighted by Gasteiger charge is 2.72. The van der Waals surface area contributed by atoms with Gasteiger partial charge < -0.3 is 24.3 Å². The van der Waals surface area contributed by atoms with Gasteiger partial charge >= 0.3 is 6.18 Å². The SMILES string of the molecule is COc1ccc(N2C(=O)C(NC(=O)c3cc(OC)c(OC)c(OC)c3)(C(F)(F)F)C3=C2CC(C)(C)CC3=O)cc1. The molecule has 12 heteroatoms. The first-order chi connectivity index (χ1) is 18.7. The molecule has 2 amide bonds. The van der Waals surface area contributed by atoms with Crippen LogP contribution in [0.5, 0.6) is 23.0 Å². The second-order valence-electron chi connectivity index (χ2n) is 10.2. The highest BCUT2D eigenvalue weighted by molar-refractivity contribution is 6.21. The van der Waals surface area contributed by atoms with Crippen LogP contribution in [0.15, 0.2) is 47.7 Å². The van der Waals surface area contributed by atoms with Gasteiger partial charge in [0.2, 0.25) is 11.3 Å². The Morgan fingerprint density at radius 1 is 0.900 bits per heavy atom. The van der Waals surface area contributed by atoms with E-state index in [2.05, 4.69) is 0 Å². The summed E-state index contributed by atoms with van der Waals surface area (Å²) in [6, 6.07) is 8.12. The number of hydrogen-bond donors (Lipinski definition) is 1. The van der Waals surface area contributed by atoms with E-state index in [9.17, 15) is 14.4 Å². The van der Waals surface area contributed by atoms with Crippen molar-refractivity contribution in [2.24, 2.45) is 5.41 Å². The maximum Gasteiger partial charge on any atom is 0.425 e. The number of nitrogens with zero attached hydrogens (tertiary/aromatic N) is 1. The van der Waals surface area contributed by atoms with E-state index in [1.54, 1.807) is 13.8 Å². The number of methoxy groups -OCH3 is 4. The van der Waals surface area contributed by atoms with E-state index in [-0.39, 0.29) is 47.0 Å². The average Bonchev–Trinajstić information content (AvgIpc) is 3.14. The van der Waals surface area contributed by atoms with Crippen molar-refractivity contribution in [1.29, 1.82) is 0 Å². The van der Waals surface area contributed by atoms with Gasteiger partial charge in [-0.25, -0.2) is 0 Å². The monoisotopic (exact) mass is 562 g/mol. The predicted molar refractivity (Wildman–Crippen MR) is 138 cm³/mol. The van der Waals surface area contributed by atoms with Crippen LogP contribution in [0.2, 0.25) is 0 Å². The summed E-state index contributed by atoms with van der Waals surface area (Å²) in [5.41, 5.74) is -5.48. The lowest BCUT2D eigenvalue weighted by atomic mass is 9.72. The van der Waals surface area contributed by atoms with E-state index >= 15 is 13.2 Å². The van der Waals surface area contributed by atoms with Gasteiger partial charge in [-0.1, -0.05) is 13.8 Å². The van der Waals surface area contributed by atoms with Crippen LogP contribution in [0.4, 0.5) is 18.9 Å². The Bertz CT molecular complexity index is 1370. The third kappa shape index (κ3) is 4.50. The largest absolute Gasteiger partial charge is 0.497 e. The molecule has 9 nitrogen and oxygen atoms in total. The molecule has 1 N–H and O–H groups in total. The summed E-state index contributed by atoms with van der Waals surface area (Å²) in [6.45, 7) is 3.46. The third-order valence-electron chi connectivity index (χ3n) is 7.01. The molecule has 2 aliphatic rings. The summed E-state index contributed by atoms with van der Waals surface area (Å²) in [7, 11) is 5.31. The highest BCUT2D eigenvalue weighted by Crippen LogP contribution is 2.53. The van der Waals surface area contributed by atoms with Crippen LogP contribution in [0, 0.1) is 5.41 Å². The number of carbonyl (C=O) groups excluding carboxylic acids is 3. The summed E-state index contributed by atoms with van der Waals surface area (Å²) in [5.74, 6) is -3.10. The number of nitrogens with one attached hydrogen (secondary N) is 1. The fourth-order valence-corrected chi connectivity index (χ4v) is 5.21. The lowest BCUT2D eigenvalue weighted by Gasteiger charge is -2.35. The maximum atomic E-state index is 15.2. The van der Waals surface area contributed by atoms with Crippen molar-refractivity contribution in [2.75, 3.05) is 33.3 Å². The van der Waals surface area contributed by atoms with E-state index in [1.165, 1.54) is 52.7 Å². The number of benzene rings is 2. The molecule has 0 saturated carbocycles. The van der Waals surface area contributed by atoms with E-state index in [1.807, 2.05) is 5.32 Å². The molecule has 214 valence electrons. The Hall–Kier alpha value is -4.22. The van der Waals surface area contributed by atoms with Crippen molar-refractivity contribution in [2.45, 2.75) is 38.4 Å². The molecule has 1 unspecified atom stereocenters. The molecule has 40 heavy (non-hydrogen) atoms. The molecule has 0 fully saturated rings. The minimum absolute atomic E-state index is 0.0102. The molecule has 0 saturated heterocycles. The number of ketones is 1. The molecule has 2 aromatic rings. The number of ether oxygens (including phenoxy) is 4. The van der Waals surface area contributed by atoms with Crippen molar-refractivity contribution in [3.63, 3.8) is 0 Å². The quantitative estimate of drug-likeness (QED) is 0.532. The van der Waals surface area contributed by atoms with Crippen LogP contribution in [0.1, 0.15) is 37.0 Å². The second-order valence-corrected chi connectivity index (χ2v) is 10.2. The first-order valence-electron chi connectivity index (χ1n) is 12.2. The van der Waals surface area contributed by atoms with Crippen LogP contribution in [-0.2, 0) is 9.59 Å². The van der Waals surface area contributed by atoms with Crippen LogP contribution >= 0.6 is 0 Å². The number of anilines is 1. The van der Waals surface area contributed by atoms with E-state index in [0.29, 0.717) is 5.75 Å². The molecule has 2 aromatic carbocycles. The Morgan fingerprint density at radius 2 is 1.48 bits per heavy atom. The zero-order valence-electron chi connectivity index (χ0n) is 22.8. The van der Waals surface area contributed by atoms with Crippen LogP contribution in [0.25, 0.3) is 0 Å². The van der Waals surface area contributed by atoms with Gasteiger partial charge in [-0.3, -0.25) is 19.3 Å². The number of alkyl halides is 3. The third-order valence-corrected chi connectivity index (χ3v) is 7.01. The van der Waals surface area contributed by atoms with Crippen molar-refractivity contribution in [3.05, 3.63) is 53.2 Å². The number of Topliss-reactive ketones (excluding diaryl/α,β-unsaturated/α-hetero) is 1. The number of allylic oxidation sites excluding steroid dienone is 1. The van der Waals surface area contributed by atoms with Gasteiger partial charge in [0.1, 0.15) is 5.75 Å². The molecule has 0 radical (unpaired) electrons. The fraction of sp³-hybridized carbons (Fsp3) is 0.393. The highest BCUT2D eigenvalue weighted by atomic mass is 19.4. The van der Waals surface area contributed by atoms with Crippen molar-refractivity contribution in [3.8, 4) is 23.0 Å². The Morgan fingerprint density at radius 3 is 1.95 bits per heavy atom. The predicted octanol–water partition coefficient (Wildman–Crippen LogP) is 4.44. The van der Waals surface area contributed by atoms with Crippen molar-refractivity contribution < 1.29 is 46.5 Å². The lowest BCUT2D eigenvalue weighted by molar-refractivity contribution is -0.186. The summed E-state index contributed by atoms with van der Waals surface area (Å²) in [5, 5.41) is 1.91. The van der Waals surface area contributed by atoms with E-state index < -0.39 is 40.3 Å². The molecular weight excluding hydrogens is 533 g/mol. The summed E-state index contributed by atoms with van der Waals surface area (Å²) in [4.78, 5) is 41.7. The Balaban J connectivity index is 1.92. The molecule has 4 rings (SSSR count). The van der Waals surface area contributed by atoms with Gasteiger partial charge in [-0.2, -0.15) is 13.2 Å². The molecule has 1 atom stereocenters. The molecule has 0 bridgehead atoms. The number of halogens is 3. The van der Waals surface area contributed by atoms with Crippen molar-refractivity contribution in [1.82, 2.24) is 5.32 Å². The normalized spacial score (nSPS) is 20.3. The molecule has 0 spiro atoms. The van der Waals surface area contributed by atoms with Crippen LogP contribution < -0.4 is 29.2 Å². The maximum absolute atomic E-state index is 15.2. The van der Waals surface area contributed by atoms with Gasteiger partial charge in [0, 0.05) is 23.4 Å². The number of hydrogen-bond acceptors (Lipinski definition) is 7. The molecular formula is C28H29F3N2O7. The zero-order valence-corrected chi connectivity index (χ0v) is 22.8. The zero-order chi connectivity index (χ0) is 29.6. The van der Waals surface area contributed by atoms with Crippen LogP contribution in [0.3, 0.4) is 0 Å². The fourth-order valence-electron chi connectivity index (χ4n) is 5.21. The number of carbonyl (C=O) groups is 3. The molecule has 1 heterocycles. The van der Waals surface area contributed by atoms with Gasteiger partial charge in [0.15, 0.2) is 17.3 Å². The number of amides is 2. The lowest BCUT2D eigenvalue weighted by Crippen LogP contribution is -2.66. The minimum Gasteiger partial charge on any atom is -0.497 e. The first-order valence-corrected chi connectivity index (χ1v) is 12.2. The van der Waals surface area contributed by atoms with Gasteiger partial charge in [-0.15, -0.1) is 0 Å². The standard InChI is InChI=1S/C28H29F3N2O7/c1-26(2)13-18-22(19(34)14-26)27(28(29,30)31,25(36)33(18)16-7-9-17(37-3)10-8-16)32-24(35)15-11-20(38-4)23(40-6)21(12-15)39-5/h7-12H,13-14H2,1-6H3,(H,32,35). The van der Waals surface area contributed by atoms with Gasteiger partial charge in [0.25, 0.3) is 11.8 Å². The summed E-state index contributed by atoms with van der Waals surface area (Å²) < 4.78 is 66.3. The topological polar surface area (TPSA) is 103 Å². The summed E-state index contributed by atoms with van der Waals surface area (Å²) >= 11 is 0. The molecule has 1 aliphatic heterocycles. The van der Waals surface area contributed by atoms with E-state index in [4.69, 9.17) is 18.9 Å². The second kappa shape index (κ2) is 10.1. The van der Waals surface area contributed by atoms with Crippen molar-refractivity contribution >= 4 is 23.3 Å². The number of rotatable bonds is 7.